The van der Waals surface area contributed by atoms with Crippen LogP contribution in [-0.2, 0) is 0 Å². The summed E-state index contributed by atoms with van der Waals surface area (Å²) in [7, 11) is 0. The highest BCUT2D eigenvalue weighted by Gasteiger charge is 2.29. The summed E-state index contributed by atoms with van der Waals surface area (Å²) in [6, 6.07) is -0.667. The maximum Gasteiger partial charge on any atom is 0.180 e. The first kappa shape index (κ1) is 10.8. The van der Waals surface area contributed by atoms with Gasteiger partial charge in [0.2, 0.25) is 0 Å². The van der Waals surface area contributed by atoms with Crippen molar-refractivity contribution >= 4 is 0 Å². The summed E-state index contributed by atoms with van der Waals surface area (Å²) in [5.41, 5.74) is 5.44. The number of rotatable bonds is 5. The van der Waals surface area contributed by atoms with E-state index in [1.165, 1.54) is 0 Å². The average Bonchev–Trinajstić information content (AvgIpc) is 1.88. The molecule has 0 aromatic carbocycles. The van der Waals surface area contributed by atoms with Gasteiger partial charge >= 0.3 is 0 Å². The summed E-state index contributed by atoms with van der Waals surface area (Å²) in [5.74, 6) is -1.91. The van der Waals surface area contributed by atoms with Crippen LogP contribution in [0.5, 0.6) is 0 Å². The number of hydrogen-bond donors (Lipinski definition) is 4. The molecule has 68 valence electrons. The van der Waals surface area contributed by atoms with Crippen molar-refractivity contribution in [2.24, 2.45) is 5.73 Å². The summed E-state index contributed by atoms with van der Waals surface area (Å²) in [4.78, 5) is 0. The summed E-state index contributed by atoms with van der Waals surface area (Å²) < 4.78 is 0. The smallest absolute Gasteiger partial charge is 0.180 e. The van der Waals surface area contributed by atoms with E-state index in [2.05, 4.69) is 0 Å². The highest BCUT2D eigenvalue weighted by molar-refractivity contribution is 4.77. The van der Waals surface area contributed by atoms with Crippen molar-refractivity contribution in [2.45, 2.75) is 38.0 Å². The Morgan fingerprint density at radius 1 is 1.45 bits per heavy atom. The van der Waals surface area contributed by atoms with E-state index in [0.29, 0.717) is 6.42 Å². The molecule has 0 rings (SSSR count). The zero-order valence-electron chi connectivity index (χ0n) is 6.82. The van der Waals surface area contributed by atoms with Gasteiger partial charge < -0.3 is 21.1 Å². The number of aliphatic hydroxyl groups excluding tert-OH is 1. The van der Waals surface area contributed by atoms with Crippen LogP contribution in [0.25, 0.3) is 0 Å². The molecule has 0 bridgehead atoms. The second-order valence-electron chi connectivity index (χ2n) is 2.75. The Hall–Kier alpha value is -0.160. The molecule has 0 saturated carbocycles. The van der Waals surface area contributed by atoms with Crippen molar-refractivity contribution in [2.75, 3.05) is 6.61 Å². The summed E-state index contributed by atoms with van der Waals surface area (Å²) in [6.07, 6.45) is 1.26. The molecule has 0 aliphatic carbocycles. The molecule has 1 unspecified atom stereocenters. The Kier molecular flexibility index (Phi) is 4.60. The third-order valence-corrected chi connectivity index (χ3v) is 1.67. The van der Waals surface area contributed by atoms with Gasteiger partial charge in [-0.1, -0.05) is 13.3 Å². The van der Waals surface area contributed by atoms with Gasteiger partial charge in [0.25, 0.3) is 0 Å². The largest absolute Gasteiger partial charge is 0.396 e. The van der Waals surface area contributed by atoms with E-state index in [9.17, 15) is 10.2 Å². The lowest BCUT2D eigenvalue weighted by Gasteiger charge is -2.27. The summed E-state index contributed by atoms with van der Waals surface area (Å²) in [5, 5.41) is 26.8. The van der Waals surface area contributed by atoms with Gasteiger partial charge in [-0.05, 0) is 6.42 Å². The topological polar surface area (TPSA) is 86.7 Å². The van der Waals surface area contributed by atoms with Crippen LogP contribution in [0.3, 0.4) is 0 Å². The first-order valence-corrected chi connectivity index (χ1v) is 3.85. The zero-order chi connectivity index (χ0) is 8.91. The molecule has 0 aromatic heterocycles. The highest BCUT2D eigenvalue weighted by atomic mass is 16.5. The lowest BCUT2D eigenvalue weighted by molar-refractivity contribution is -0.187. The molecule has 0 heterocycles. The van der Waals surface area contributed by atoms with Crippen LogP contribution in [0.15, 0.2) is 0 Å². The molecule has 5 N–H and O–H groups in total. The third-order valence-electron chi connectivity index (χ3n) is 1.67. The summed E-state index contributed by atoms with van der Waals surface area (Å²) >= 11 is 0. The van der Waals surface area contributed by atoms with Crippen molar-refractivity contribution in [3.8, 4) is 0 Å². The Labute approximate surface area is 66.7 Å². The van der Waals surface area contributed by atoms with E-state index < -0.39 is 11.8 Å². The van der Waals surface area contributed by atoms with Crippen LogP contribution in [0.2, 0.25) is 0 Å². The summed E-state index contributed by atoms with van der Waals surface area (Å²) in [6.45, 7) is 1.65. The zero-order valence-corrected chi connectivity index (χ0v) is 6.82. The monoisotopic (exact) mass is 163 g/mol. The first-order valence-electron chi connectivity index (χ1n) is 3.85. The van der Waals surface area contributed by atoms with Crippen molar-refractivity contribution in [3.05, 3.63) is 0 Å². The fraction of sp³-hybridized carbons (Fsp3) is 1.00. The van der Waals surface area contributed by atoms with E-state index >= 15 is 0 Å². The second kappa shape index (κ2) is 4.66. The van der Waals surface area contributed by atoms with Gasteiger partial charge in [-0.25, -0.2) is 0 Å². The minimum atomic E-state index is -1.91. The van der Waals surface area contributed by atoms with Crippen LogP contribution >= 0.6 is 0 Å². The van der Waals surface area contributed by atoms with Crippen molar-refractivity contribution in [3.63, 3.8) is 0 Å². The van der Waals surface area contributed by atoms with Gasteiger partial charge in [0.1, 0.15) is 0 Å². The molecule has 0 saturated heterocycles. The van der Waals surface area contributed by atoms with Gasteiger partial charge in [0.05, 0.1) is 6.04 Å². The highest BCUT2D eigenvalue weighted by Crippen LogP contribution is 2.13. The Balaban J connectivity index is 3.83. The minimum absolute atomic E-state index is 0.0891. The van der Waals surface area contributed by atoms with Crippen LogP contribution in [0, 0.1) is 0 Å². The van der Waals surface area contributed by atoms with Crippen molar-refractivity contribution in [1.29, 1.82) is 0 Å². The van der Waals surface area contributed by atoms with E-state index in [4.69, 9.17) is 10.8 Å². The van der Waals surface area contributed by atoms with Gasteiger partial charge in [0, 0.05) is 13.0 Å². The second-order valence-corrected chi connectivity index (χ2v) is 2.75. The molecule has 4 heteroatoms. The molecule has 0 aliphatic rings. The Morgan fingerprint density at radius 3 is 2.36 bits per heavy atom. The molecule has 0 aliphatic heterocycles. The number of hydrogen-bond acceptors (Lipinski definition) is 4. The third kappa shape index (κ3) is 3.67. The average molecular weight is 163 g/mol. The van der Waals surface area contributed by atoms with Gasteiger partial charge in [0.15, 0.2) is 5.79 Å². The van der Waals surface area contributed by atoms with Gasteiger partial charge in [-0.2, -0.15) is 0 Å². The molecule has 0 spiro atoms. The maximum absolute atomic E-state index is 9.18. The maximum atomic E-state index is 9.18. The Bertz CT molecular complexity index is 106. The predicted molar refractivity (Wildman–Crippen MR) is 41.8 cm³/mol. The minimum Gasteiger partial charge on any atom is -0.396 e. The van der Waals surface area contributed by atoms with Crippen LogP contribution in [0.1, 0.15) is 26.2 Å². The van der Waals surface area contributed by atoms with Crippen LogP contribution in [-0.4, -0.2) is 33.8 Å². The molecule has 0 radical (unpaired) electrons. The number of nitrogens with two attached hydrogens (primary N) is 1. The molecule has 0 aromatic rings. The van der Waals surface area contributed by atoms with Gasteiger partial charge in [-0.3, -0.25) is 0 Å². The molecular formula is C7H17NO3. The molecular weight excluding hydrogens is 146 g/mol. The van der Waals surface area contributed by atoms with E-state index in [1.54, 1.807) is 0 Å². The van der Waals surface area contributed by atoms with E-state index in [0.717, 1.165) is 6.42 Å². The van der Waals surface area contributed by atoms with E-state index in [-0.39, 0.29) is 13.0 Å². The Morgan fingerprint density at radius 2 is 2.00 bits per heavy atom. The fourth-order valence-electron chi connectivity index (χ4n) is 0.892. The van der Waals surface area contributed by atoms with Crippen molar-refractivity contribution in [1.82, 2.24) is 0 Å². The molecule has 11 heavy (non-hydrogen) atoms. The molecule has 0 amide bonds. The molecule has 0 fully saturated rings. The van der Waals surface area contributed by atoms with Gasteiger partial charge in [-0.15, -0.1) is 0 Å². The fourth-order valence-corrected chi connectivity index (χ4v) is 0.892. The normalized spacial score (nSPS) is 15.0. The quantitative estimate of drug-likeness (QED) is 0.399. The number of aliphatic hydroxyl groups is 3. The SMILES string of the molecule is CCCC(N)C(O)(O)CCO. The lowest BCUT2D eigenvalue weighted by atomic mass is 10.0. The predicted octanol–water partition coefficient (Wildman–Crippen LogP) is -0.823. The van der Waals surface area contributed by atoms with Crippen LogP contribution < -0.4 is 5.73 Å². The van der Waals surface area contributed by atoms with Crippen molar-refractivity contribution < 1.29 is 15.3 Å². The first-order chi connectivity index (χ1) is 5.04. The molecule has 4 nitrogen and oxygen atoms in total. The van der Waals surface area contributed by atoms with E-state index in [1.807, 2.05) is 6.92 Å². The molecule has 1 atom stereocenters. The lowest BCUT2D eigenvalue weighted by Crippen LogP contribution is -2.48. The van der Waals surface area contributed by atoms with Crippen LogP contribution in [0.4, 0.5) is 0 Å². The standard InChI is InChI=1S/C7H17NO3/c1-2-3-6(8)7(10,11)4-5-9/h6,9-11H,2-5,8H2,1H3.